The summed E-state index contributed by atoms with van der Waals surface area (Å²) in [6.45, 7) is 2.43. The van der Waals surface area contributed by atoms with Gasteiger partial charge < -0.3 is 15.8 Å². The van der Waals surface area contributed by atoms with Crippen LogP contribution in [0.15, 0.2) is 24.3 Å². The molecule has 0 amide bonds. The third-order valence-corrected chi connectivity index (χ3v) is 3.78. The van der Waals surface area contributed by atoms with Gasteiger partial charge >= 0.3 is 5.97 Å². The third kappa shape index (κ3) is 4.80. The molecule has 0 saturated heterocycles. The second-order valence-electron chi connectivity index (χ2n) is 5.15. The van der Waals surface area contributed by atoms with Gasteiger partial charge in [-0.25, -0.2) is 9.48 Å². The van der Waals surface area contributed by atoms with Crippen LogP contribution in [0.3, 0.4) is 0 Å². The van der Waals surface area contributed by atoms with Gasteiger partial charge in [0, 0.05) is 12.1 Å². The summed E-state index contributed by atoms with van der Waals surface area (Å²) in [5, 5.41) is 7.50. The molecule has 2 aromatic rings. The van der Waals surface area contributed by atoms with E-state index in [-0.39, 0.29) is 24.6 Å². The smallest absolute Gasteiger partial charge is 0.344 e. The maximum Gasteiger partial charge on any atom is 0.344 e. The predicted molar refractivity (Wildman–Crippen MR) is 98.1 cm³/mol. The lowest BCUT2D eigenvalue weighted by Gasteiger charge is -2.06. The molecule has 1 heterocycles. The van der Waals surface area contributed by atoms with Crippen molar-refractivity contribution < 1.29 is 14.3 Å². The molecule has 0 saturated carbocycles. The molecular weight excluding hydrogens is 344 g/mol. The highest BCUT2D eigenvalue weighted by molar-refractivity contribution is 6.34. The number of esters is 1. The largest absolute Gasteiger partial charge is 0.454 e. The molecule has 0 bridgehead atoms. The summed E-state index contributed by atoms with van der Waals surface area (Å²) in [6, 6.07) is 6.59. The minimum atomic E-state index is -0.680. The fourth-order valence-corrected chi connectivity index (χ4v) is 2.45. The van der Waals surface area contributed by atoms with Crippen LogP contribution < -0.4 is 11.1 Å². The summed E-state index contributed by atoms with van der Waals surface area (Å²) < 4.78 is 6.61. The maximum absolute atomic E-state index is 12.2. The van der Waals surface area contributed by atoms with Gasteiger partial charge in [0.1, 0.15) is 11.4 Å². The number of nitrogen functional groups attached to an aromatic ring is 1. The molecule has 8 heteroatoms. The van der Waals surface area contributed by atoms with Crippen molar-refractivity contribution in [3.8, 4) is 0 Å². The van der Waals surface area contributed by atoms with Gasteiger partial charge in [0.15, 0.2) is 6.61 Å². The van der Waals surface area contributed by atoms with E-state index in [1.54, 1.807) is 31.2 Å². The summed E-state index contributed by atoms with van der Waals surface area (Å²) in [5.74, 6) is -0.841. The van der Waals surface area contributed by atoms with Crippen molar-refractivity contribution in [1.82, 2.24) is 15.1 Å². The van der Waals surface area contributed by atoms with Crippen LogP contribution in [0, 0.1) is 6.92 Å². The number of benzene rings is 1. The van der Waals surface area contributed by atoms with Crippen molar-refractivity contribution in [3.63, 3.8) is 0 Å². The number of ketones is 1. The topological polar surface area (TPSA) is 99.2 Å². The third-order valence-electron chi connectivity index (χ3n) is 3.45. The number of aromatic nitrogens is 2. The van der Waals surface area contributed by atoms with Crippen LogP contribution >= 0.6 is 11.6 Å². The molecule has 0 spiro atoms. The summed E-state index contributed by atoms with van der Waals surface area (Å²) in [7, 11) is 1.81. The predicted octanol–water partition coefficient (Wildman–Crippen LogP) is 2.32. The molecule has 1 aromatic heterocycles. The molecule has 0 atom stereocenters. The van der Waals surface area contributed by atoms with Crippen molar-refractivity contribution in [2.45, 2.75) is 20.9 Å². The Bertz CT molecular complexity index is 758. The average Bonchev–Trinajstić information content (AvgIpc) is 2.84. The fraction of sp³-hybridized carbons (Fsp3) is 0.353. The molecule has 136 valence electrons. The first-order valence-corrected chi connectivity index (χ1v) is 7.75. The highest BCUT2D eigenvalue weighted by atomic mass is 35.5. The normalized spacial score (nSPS) is 10.2. The van der Waals surface area contributed by atoms with Crippen LogP contribution in [0.1, 0.15) is 33.8 Å². The number of hydrogen-bond acceptors (Lipinski definition) is 6. The lowest BCUT2D eigenvalue weighted by molar-refractivity contribution is 0.0475. The SMILES string of the molecule is C.CNCCn1nc(C)c(C(=O)OCC(=O)c2ccccc2Cl)c1N. The number of halogens is 1. The van der Waals surface area contributed by atoms with Gasteiger partial charge in [-0.2, -0.15) is 5.10 Å². The molecule has 2 rings (SSSR count). The second kappa shape index (κ2) is 9.19. The molecular formula is C17H23ClN4O3. The van der Waals surface area contributed by atoms with Crippen molar-refractivity contribution >= 4 is 29.2 Å². The number of nitrogens with two attached hydrogens (primary N) is 1. The van der Waals surface area contributed by atoms with Crippen molar-refractivity contribution in [3.05, 3.63) is 46.1 Å². The Hall–Kier alpha value is -2.38. The van der Waals surface area contributed by atoms with Crippen molar-refractivity contribution in [1.29, 1.82) is 0 Å². The van der Waals surface area contributed by atoms with E-state index in [2.05, 4.69) is 10.4 Å². The van der Waals surface area contributed by atoms with E-state index in [1.165, 1.54) is 4.68 Å². The summed E-state index contributed by atoms with van der Waals surface area (Å²) in [6.07, 6.45) is 0. The standard InChI is InChI=1S/C16H19ClN4O3.CH4/c1-10-14(15(18)21(20-10)8-7-19-2)16(23)24-9-13(22)11-5-3-4-6-12(11)17;/h3-6,19H,7-9,18H2,1-2H3;1H4. The number of hydrogen-bond donors (Lipinski definition) is 2. The zero-order valence-electron chi connectivity index (χ0n) is 13.5. The monoisotopic (exact) mass is 366 g/mol. The van der Waals surface area contributed by atoms with Gasteiger partial charge in [-0.3, -0.25) is 4.79 Å². The minimum absolute atomic E-state index is 0. The van der Waals surface area contributed by atoms with Crippen molar-refractivity contribution in [2.75, 3.05) is 25.9 Å². The average molecular weight is 367 g/mol. The number of anilines is 1. The van der Waals surface area contributed by atoms with Crippen LogP contribution in [-0.4, -0.2) is 41.7 Å². The van der Waals surface area contributed by atoms with Gasteiger partial charge in [0.05, 0.1) is 17.3 Å². The van der Waals surface area contributed by atoms with Crippen LogP contribution in [-0.2, 0) is 11.3 Å². The molecule has 25 heavy (non-hydrogen) atoms. The van der Waals surface area contributed by atoms with Crippen LogP contribution in [0.4, 0.5) is 5.82 Å². The first kappa shape index (κ1) is 20.7. The molecule has 0 unspecified atom stereocenters. The number of Topliss-reactive ketones (excluding diaryl/α,β-unsaturated/α-hetero) is 1. The van der Waals surface area contributed by atoms with E-state index < -0.39 is 12.6 Å². The van der Waals surface area contributed by atoms with Gasteiger partial charge in [0.25, 0.3) is 0 Å². The Kier molecular flexibility index (Phi) is 7.60. The minimum Gasteiger partial charge on any atom is -0.454 e. The number of rotatable bonds is 7. The number of carbonyl (C=O) groups is 2. The Balaban J connectivity index is 0.00000312. The number of carbonyl (C=O) groups excluding carboxylic acids is 2. The van der Waals surface area contributed by atoms with Gasteiger partial charge in [0.2, 0.25) is 5.78 Å². The Morgan fingerprint density at radius 2 is 2.04 bits per heavy atom. The zero-order chi connectivity index (χ0) is 17.7. The quantitative estimate of drug-likeness (QED) is 0.576. The molecule has 1 aromatic carbocycles. The number of aryl methyl sites for hydroxylation is 1. The van der Waals surface area contributed by atoms with Crippen LogP contribution in [0.2, 0.25) is 5.02 Å². The number of ether oxygens (including phenoxy) is 1. The molecule has 0 aliphatic carbocycles. The van der Waals surface area contributed by atoms with E-state index in [0.717, 1.165) is 0 Å². The van der Waals surface area contributed by atoms with E-state index in [4.69, 9.17) is 22.1 Å². The number of nitrogens with one attached hydrogen (secondary N) is 1. The van der Waals surface area contributed by atoms with Crippen LogP contribution in [0.5, 0.6) is 0 Å². The molecule has 0 fully saturated rings. The molecule has 0 radical (unpaired) electrons. The van der Waals surface area contributed by atoms with E-state index >= 15 is 0 Å². The lowest BCUT2D eigenvalue weighted by Crippen LogP contribution is -2.18. The van der Waals surface area contributed by atoms with Gasteiger partial charge in [-0.05, 0) is 26.1 Å². The molecule has 0 aliphatic rings. The van der Waals surface area contributed by atoms with Crippen molar-refractivity contribution in [2.24, 2.45) is 0 Å². The van der Waals surface area contributed by atoms with Gasteiger partial charge in [-0.15, -0.1) is 0 Å². The Morgan fingerprint density at radius 3 is 2.68 bits per heavy atom. The summed E-state index contributed by atoms with van der Waals surface area (Å²) in [5.41, 5.74) is 6.90. The fourth-order valence-electron chi connectivity index (χ4n) is 2.21. The Labute approximate surface area is 152 Å². The molecule has 0 aliphatic heterocycles. The van der Waals surface area contributed by atoms with E-state index in [1.807, 2.05) is 7.05 Å². The van der Waals surface area contributed by atoms with E-state index in [9.17, 15) is 9.59 Å². The first-order valence-electron chi connectivity index (χ1n) is 7.38. The number of likely N-dealkylation sites (N-methyl/N-ethyl adjacent to an activating group) is 1. The van der Waals surface area contributed by atoms with Crippen LogP contribution in [0.25, 0.3) is 0 Å². The molecule has 7 nitrogen and oxygen atoms in total. The highest BCUT2D eigenvalue weighted by Crippen LogP contribution is 2.19. The Morgan fingerprint density at radius 1 is 1.36 bits per heavy atom. The summed E-state index contributed by atoms with van der Waals surface area (Å²) >= 11 is 5.95. The summed E-state index contributed by atoms with van der Waals surface area (Å²) in [4.78, 5) is 24.3. The lowest BCUT2D eigenvalue weighted by atomic mass is 10.1. The zero-order valence-corrected chi connectivity index (χ0v) is 14.3. The first-order chi connectivity index (χ1) is 11.5. The second-order valence-corrected chi connectivity index (χ2v) is 5.56. The van der Waals surface area contributed by atoms with E-state index in [0.29, 0.717) is 29.4 Å². The number of nitrogens with zero attached hydrogens (tertiary/aromatic N) is 2. The maximum atomic E-state index is 12.2. The van der Waals surface area contributed by atoms with Gasteiger partial charge in [-0.1, -0.05) is 31.2 Å². The molecule has 3 N–H and O–H groups in total. The highest BCUT2D eigenvalue weighted by Gasteiger charge is 2.22.